The molecule has 1 unspecified atom stereocenters. The number of H-pyrrole nitrogens is 1. The van der Waals surface area contributed by atoms with Crippen molar-refractivity contribution < 1.29 is 4.39 Å². The van der Waals surface area contributed by atoms with Gasteiger partial charge in [0.2, 0.25) is 0 Å². The van der Waals surface area contributed by atoms with Crippen LogP contribution >= 0.6 is 15.9 Å². The van der Waals surface area contributed by atoms with Gasteiger partial charge in [0.05, 0.1) is 11.9 Å². The quantitative estimate of drug-likeness (QED) is 0.895. The molecule has 0 saturated carbocycles. The first-order valence-corrected chi connectivity index (χ1v) is 6.74. The molecule has 18 heavy (non-hydrogen) atoms. The summed E-state index contributed by atoms with van der Waals surface area (Å²) in [5.41, 5.74) is 1.28. The van der Waals surface area contributed by atoms with Crippen LogP contribution in [0.2, 0.25) is 0 Å². The number of nitrogens with zero attached hydrogens (tertiary/aromatic N) is 1. The van der Waals surface area contributed by atoms with Gasteiger partial charge >= 0.3 is 0 Å². The molecule has 2 aromatic rings. The van der Waals surface area contributed by atoms with Crippen LogP contribution in [0, 0.1) is 5.82 Å². The van der Waals surface area contributed by atoms with Crippen molar-refractivity contribution in [1.29, 1.82) is 0 Å². The number of aromatic amines is 1. The van der Waals surface area contributed by atoms with E-state index in [4.69, 9.17) is 0 Å². The normalized spacial score (nSPS) is 19.3. The van der Waals surface area contributed by atoms with E-state index in [1.807, 2.05) is 0 Å². The predicted octanol–water partition coefficient (Wildman–Crippen LogP) is 3.06. The summed E-state index contributed by atoms with van der Waals surface area (Å²) in [7, 11) is 0. The zero-order chi connectivity index (χ0) is 12.5. The third-order valence-corrected chi connectivity index (χ3v) is 3.75. The number of aromatic nitrogens is 2. The summed E-state index contributed by atoms with van der Waals surface area (Å²) in [5, 5.41) is 3.30. The second-order valence-corrected chi connectivity index (χ2v) is 5.41. The van der Waals surface area contributed by atoms with E-state index in [9.17, 15) is 4.39 Å². The highest BCUT2D eigenvalue weighted by Gasteiger charge is 2.20. The lowest BCUT2D eigenvalue weighted by Crippen LogP contribution is -2.08. The summed E-state index contributed by atoms with van der Waals surface area (Å²) in [6.45, 7) is 1.96. The minimum atomic E-state index is -0.238. The van der Waals surface area contributed by atoms with Crippen LogP contribution in [0.3, 0.4) is 0 Å². The monoisotopic (exact) mass is 309 g/mol. The van der Waals surface area contributed by atoms with Crippen LogP contribution in [0.25, 0.3) is 11.3 Å². The Bertz CT molecular complexity index is 561. The Morgan fingerprint density at radius 2 is 2.28 bits per heavy atom. The standard InChI is InChI=1S/C13H13BrFN3/c14-9-1-2-11(15)10(5-9)12-7-17-13(18-12)8-3-4-16-6-8/h1-2,5,7-8,16H,3-4,6H2,(H,17,18). The Labute approximate surface area is 113 Å². The molecular formula is C13H13BrFN3. The van der Waals surface area contributed by atoms with Gasteiger partial charge in [0.25, 0.3) is 0 Å². The number of hydrogen-bond donors (Lipinski definition) is 2. The molecule has 1 saturated heterocycles. The van der Waals surface area contributed by atoms with Crippen molar-refractivity contribution in [2.75, 3.05) is 13.1 Å². The molecule has 0 aliphatic carbocycles. The van der Waals surface area contributed by atoms with Gasteiger partial charge in [0.1, 0.15) is 11.6 Å². The fraction of sp³-hybridized carbons (Fsp3) is 0.308. The minimum absolute atomic E-state index is 0.238. The fourth-order valence-electron chi connectivity index (χ4n) is 2.27. The Morgan fingerprint density at radius 3 is 3.06 bits per heavy atom. The second kappa shape index (κ2) is 4.82. The van der Waals surface area contributed by atoms with Crippen LogP contribution in [0.1, 0.15) is 18.2 Å². The molecule has 1 aliphatic rings. The topological polar surface area (TPSA) is 40.7 Å². The molecule has 2 N–H and O–H groups in total. The maximum absolute atomic E-state index is 13.8. The largest absolute Gasteiger partial charge is 0.342 e. The van der Waals surface area contributed by atoms with Crippen molar-refractivity contribution in [2.24, 2.45) is 0 Å². The number of nitrogens with one attached hydrogen (secondary N) is 2. The maximum atomic E-state index is 13.8. The molecule has 5 heteroatoms. The van der Waals surface area contributed by atoms with Crippen LogP contribution < -0.4 is 5.32 Å². The zero-order valence-corrected chi connectivity index (χ0v) is 11.3. The van der Waals surface area contributed by atoms with Crippen LogP contribution in [0.4, 0.5) is 4.39 Å². The lowest BCUT2D eigenvalue weighted by molar-refractivity contribution is 0.630. The lowest BCUT2D eigenvalue weighted by Gasteiger charge is -2.04. The van der Waals surface area contributed by atoms with Crippen molar-refractivity contribution in [3.8, 4) is 11.3 Å². The Kier molecular flexibility index (Phi) is 3.18. The first kappa shape index (κ1) is 11.9. The van der Waals surface area contributed by atoms with Crippen molar-refractivity contribution >= 4 is 15.9 Å². The van der Waals surface area contributed by atoms with Crippen molar-refractivity contribution in [3.63, 3.8) is 0 Å². The number of imidazole rings is 1. The maximum Gasteiger partial charge on any atom is 0.132 e. The molecule has 1 aromatic carbocycles. The average molecular weight is 310 g/mol. The van der Waals surface area contributed by atoms with E-state index in [1.54, 1.807) is 18.3 Å². The van der Waals surface area contributed by atoms with Gasteiger partial charge in [-0.15, -0.1) is 0 Å². The van der Waals surface area contributed by atoms with Crippen LogP contribution in [-0.2, 0) is 0 Å². The molecule has 2 heterocycles. The number of benzene rings is 1. The second-order valence-electron chi connectivity index (χ2n) is 4.50. The van der Waals surface area contributed by atoms with E-state index in [1.165, 1.54) is 6.07 Å². The Balaban J connectivity index is 1.94. The van der Waals surface area contributed by atoms with Gasteiger partial charge in [-0.3, -0.25) is 0 Å². The lowest BCUT2D eigenvalue weighted by atomic mass is 10.1. The summed E-state index contributed by atoms with van der Waals surface area (Å²) in [6, 6.07) is 4.91. The number of hydrogen-bond acceptors (Lipinski definition) is 2. The van der Waals surface area contributed by atoms with Gasteiger partial charge in [-0.05, 0) is 31.2 Å². The van der Waals surface area contributed by atoms with Gasteiger partial charge in [-0.2, -0.15) is 0 Å². The molecule has 0 radical (unpaired) electrons. The molecule has 94 valence electrons. The molecule has 3 rings (SSSR count). The highest BCUT2D eigenvalue weighted by atomic mass is 79.9. The number of rotatable bonds is 2. The van der Waals surface area contributed by atoms with Gasteiger partial charge in [0.15, 0.2) is 0 Å². The minimum Gasteiger partial charge on any atom is -0.342 e. The van der Waals surface area contributed by atoms with Crippen molar-refractivity contribution in [1.82, 2.24) is 15.3 Å². The van der Waals surface area contributed by atoms with Gasteiger partial charge in [0, 0.05) is 22.5 Å². The fourth-order valence-corrected chi connectivity index (χ4v) is 2.63. The summed E-state index contributed by atoms with van der Waals surface area (Å²) in [4.78, 5) is 7.60. The third kappa shape index (κ3) is 2.20. The molecule has 0 spiro atoms. The summed E-state index contributed by atoms with van der Waals surface area (Å²) >= 11 is 3.36. The van der Waals surface area contributed by atoms with E-state index in [2.05, 4.69) is 31.2 Å². The van der Waals surface area contributed by atoms with E-state index < -0.39 is 0 Å². The summed E-state index contributed by atoms with van der Waals surface area (Å²) in [6.07, 6.45) is 2.78. The first-order chi connectivity index (χ1) is 8.74. The van der Waals surface area contributed by atoms with E-state index in [-0.39, 0.29) is 5.82 Å². The van der Waals surface area contributed by atoms with Crippen LogP contribution in [0.15, 0.2) is 28.9 Å². The van der Waals surface area contributed by atoms with E-state index in [0.717, 1.165) is 35.5 Å². The van der Waals surface area contributed by atoms with Gasteiger partial charge in [-0.25, -0.2) is 9.37 Å². The molecule has 1 aliphatic heterocycles. The number of halogens is 2. The van der Waals surface area contributed by atoms with Crippen molar-refractivity contribution in [2.45, 2.75) is 12.3 Å². The molecule has 1 fully saturated rings. The van der Waals surface area contributed by atoms with E-state index >= 15 is 0 Å². The molecule has 1 aromatic heterocycles. The SMILES string of the molecule is Fc1ccc(Br)cc1-c1cnc(C2CCNC2)[nH]1. The summed E-state index contributed by atoms with van der Waals surface area (Å²) < 4.78 is 14.6. The molecule has 1 atom stereocenters. The van der Waals surface area contributed by atoms with Gasteiger partial charge in [-0.1, -0.05) is 15.9 Å². The van der Waals surface area contributed by atoms with Crippen LogP contribution in [-0.4, -0.2) is 23.1 Å². The third-order valence-electron chi connectivity index (χ3n) is 3.26. The average Bonchev–Trinajstić information content (AvgIpc) is 3.00. The molecule has 3 nitrogen and oxygen atoms in total. The Hall–Kier alpha value is -1.20. The van der Waals surface area contributed by atoms with Crippen LogP contribution in [0.5, 0.6) is 0 Å². The highest BCUT2D eigenvalue weighted by molar-refractivity contribution is 9.10. The summed E-state index contributed by atoms with van der Waals surface area (Å²) in [5.74, 6) is 1.11. The van der Waals surface area contributed by atoms with E-state index in [0.29, 0.717) is 11.5 Å². The van der Waals surface area contributed by atoms with Crippen molar-refractivity contribution in [3.05, 3.63) is 40.5 Å². The predicted molar refractivity (Wildman–Crippen MR) is 71.9 cm³/mol. The smallest absolute Gasteiger partial charge is 0.132 e. The molecule has 0 bridgehead atoms. The molecule has 0 amide bonds. The zero-order valence-electron chi connectivity index (χ0n) is 9.71. The first-order valence-electron chi connectivity index (χ1n) is 5.95. The Morgan fingerprint density at radius 1 is 1.39 bits per heavy atom. The highest BCUT2D eigenvalue weighted by Crippen LogP contribution is 2.27. The molecular weight excluding hydrogens is 297 g/mol. The van der Waals surface area contributed by atoms with Gasteiger partial charge < -0.3 is 10.3 Å².